The lowest BCUT2D eigenvalue weighted by Crippen LogP contribution is -2.17. The minimum atomic E-state index is -0.740. The number of aliphatic carboxylic acids is 1. The highest BCUT2D eigenvalue weighted by molar-refractivity contribution is 5.70. The molecule has 1 aromatic carbocycles. The summed E-state index contributed by atoms with van der Waals surface area (Å²) in [4.78, 5) is 11.1. The first kappa shape index (κ1) is 11.1. The maximum atomic E-state index is 12.7. The van der Waals surface area contributed by atoms with Crippen molar-refractivity contribution < 1.29 is 14.3 Å². The van der Waals surface area contributed by atoms with Gasteiger partial charge in [0.25, 0.3) is 0 Å². The Morgan fingerprint density at radius 1 is 1.38 bits per heavy atom. The van der Waals surface area contributed by atoms with Crippen LogP contribution in [0, 0.1) is 17.7 Å². The SMILES string of the molecule is O=C(O)C(Cc1ccc(F)cc1)CC1CC1. The van der Waals surface area contributed by atoms with Crippen molar-refractivity contribution in [1.29, 1.82) is 0 Å². The molecule has 0 aliphatic heterocycles. The topological polar surface area (TPSA) is 37.3 Å². The van der Waals surface area contributed by atoms with Gasteiger partial charge in [0.05, 0.1) is 5.92 Å². The molecule has 16 heavy (non-hydrogen) atoms. The van der Waals surface area contributed by atoms with Crippen LogP contribution < -0.4 is 0 Å². The second-order valence-corrected chi connectivity index (χ2v) is 4.54. The first-order valence-electron chi connectivity index (χ1n) is 5.62. The third-order valence-corrected chi connectivity index (χ3v) is 3.06. The van der Waals surface area contributed by atoms with Crippen molar-refractivity contribution >= 4 is 5.97 Å². The van der Waals surface area contributed by atoms with Gasteiger partial charge in [-0.3, -0.25) is 4.79 Å². The molecule has 0 spiro atoms. The number of halogens is 1. The summed E-state index contributed by atoms with van der Waals surface area (Å²) in [6.07, 6.45) is 3.58. The predicted octanol–water partition coefficient (Wildman–Crippen LogP) is 2.87. The van der Waals surface area contributed by atoms with Gasteiger partial charge in [-0.1, -0.05) is 25.0 Å². The van der Waals surface area contributed by atoms with Gasteiger partial charge in [0, 0.05) is 0 Å². The summed E-state index contributed by atoms with van der Waals surface area (Å²) >= 11 is 0. The molecule has 0 radical (unpaired) electrons. The van der Waals surface area contributed by atoms with E-state index in [4.69, 9.17) is 5.11 Å². The Hall–Kier alpha value is -1.38. The smallest absolute Gasteiger partial charge is 0.306 e. The number of carboxylic acid groups (broad SMARTS) is 1. The molecule has 0 heterocycles. The fourth-order valence-corrected chi connectivity index (χ4v) is 1.93. The van der Waals surface area contributed by atoms with Crippen LogP contribution in [0.4, 0.5) is 4.39 Å². The molecule has 1 aromatic rings. The highest BCUT2D eigenvalue weighted by atomic mass is 19.1. The van der Waals surface area contributed by atoms with Crippen molar-refractivity contribution in [3.8, 4) is 0 Å². The van der Waals surface area contributed by atoms with Crippen LogP contribution in [0.3, 0.4) is 0 Å². The van der Waals surface area contributed by atoms with E-state index in [-0.39, 0.29) is 11.7 Å². The van der Waals surface area contributed by atoms with Crippen molar-refractivity contribution in [3.05, 3.63) is 35.6 Å². The summed E-state index contributed by atoms with van der Waals surface area (Å²) in [5.74, 6) is -0.742. The van der Waals surface area contributed by atoms with Gasteiger partial charge in [0.2, 0.25) is 0 Å². The molecule has 2 rings (SSSR count). The van der Waals surface area contributed by atoms with Crippen molar-refractivity contribution in [1.82, 2.24) is 0 Å². The molecule has 1 atom stereocenters. The molecular weight excluding hydrogens is 207 g/mol. The van der Waals surface area contributed by atoms with Gasteiger partial charge in [-0.05, 0) is 36.5 Å². The first-order valence-corrected chi connectivity index (χ1v) is 5.62. The van der Waals surface area contributed by atoms with Crippen LogP contribution in [0.25, 0.3) is 0 Å². The van der Waals surface area contributed by atoms with Gasteiger partial charge in [0.15, 0.2) is 0 Å². The fraction of sp³-hybridized carbons (Fsp3) is 0.462. The van der Waals surface area contributed by atoms with E-state index in [1.165, 1.54) is 12.1 Å². The number of benzene rings is 1. The maximum Gasteiger partial charge on any atom is 0.306 e. The van der Waals surface area contributed by atoms with Gasteiger partial charge in [-0.25, -0.2) is 4.39 Å². The zero-order chi connectivity index (χ0) is 11.5. The summed E-state index contributed by atoms with van der Waals surface area (Å²) < 4.78 is 12.7. The molecule has 86 valence electrons. The summed E-state index contributed by atoms with van der Waals surface area (Å²) in [5, 5.41) is 9.09. The van der Waals surface area contributed by atoms with Crippen LogP contribution in [0.1, 0.15) is 24.8 Å². The van der Waals surface area contributed by atoms with Crippen molar-refractivity contribution in [2.45, 2.75) is 25.7 Å². The van der Waals surface area contributed by atoms with Gasteiger partial charge in [-0.15, -0.1) is 0 Å². The Bertz CT molecular complexity index is 368. The number of hydrogen-bond acceptors (Lipinski definition) is 1. The number of carbonyl (C=O) groups is 1. The Kier molecular flexibility index (Phi) is 3.22. The second kappa shape index (κ2) is 4.64. The summed E-state index contributed by atoms with van der Waals surface area (Å²) in [7, 11) is 0. The molecule has 1 saturated carbocycles. The molecule has 1 unspecified atom stereocenters. The number of hydrogen-bond donors (Lipinski definition) is 1. The van der Waals surface area contributed by atoms with Crippen LogP contribution in [0.15, 0.2) is 24.3 Å². The number of rotatable bonds is 5. The summed E-state index contributed by atoms with van der Waals surface area (Å²) in [5.41, 5.74) is 0.898. The minimum Gasteiger partial charge on any atom is -0.481 e. The average Bonchev–Trinajstić information content (AvgIpc) is 3.04. The van der Waals surface area contributed by atoms with E-state index >= 15 is 0 Å². The van der Waals surface area contributed by atoms with Crippen LogP contribution in [-0.2, 0) is 11.2 Å². The first-order chi connectivity index (χ1) is 7.65. The number of carboxylic acids is 1. The lowest BCUT2D eigenvalue weighted by molar-refractivity contribution is -0.142. The van der Waals surface area contributed by atoms with E-state index in [0.717, 1.165) is 24.8 Å². The summed E-state index contributed by atoms with van der Waals surface area (Å²) in [6, 6.07) is 6.09. The third-order valence-electron chi connectivity index (χ3n) is 3.06. The van der Waals surface area contributed by atoms with Gasteiger partial charge >= 0.3 is 5.97 Å². The lowest BCUT2D eigenvalue weighted by atomic mass is 9.94. The van der Waals surface area contributed by atoms with Crippen LogP contribution >= 0.6 is 0 Å². The van der Waals surface area contributed by atoms with E-state index < -0.39 is 5.97 Å². The fourth-order valence-electron chi connectivity index (χ4n) is 1.93. The van der Waals surface area contributed by atoms with Crippen LogP contribution in [0.5, 0.6) is 0 Å². The van der Waals surface area contributed by atoms with E-state index in [2.05, 4.69) is 0 Å². The molecular formula is C13H15FO2. The Morgan fingerprint density at radius 2 is 2.00 bits per heavy atom. The van der Waals surface area contributed by atoms with Crippen molar-refractivity contribution in [3.63, 3.8) is 0 Å². The Morgan fingerprint density at radius 3 is 2.50 bits per heavy atom. The molecule has 1 N–H and O–H groups in total. The zero-order valence-electron chi connectivity index (χ0n) is 9.03. The van der Waals surface area contributed by atoms with Crippen molar-refractivity contribution in [2.75, 3.05) is 0 Å². The lowest BCUT2D eigenvalue weighted by Gasteiger charge is -2.11. The molecule has 1 aliphatic carbocycles. The molecule has 1 fully saturated rings. The highest BCUT2D eigenvalue weighted by Gasteiger charge is 2.29. The average molecular weight is 222 g/mol. The van der Waals surface area contributed by atoms with Crippen molar-refractivity contribution in [2.24, 2.45) is 11.8 Å². The van der Waals surface area contributed by atoms with Gasteiger partial charge < -0.3 is 5.11 Å². The molecule has 0 bridgehead atoms. The molecule has 0 amide bonds. The standard InChI is InChI=1S/C13H15FO2/c14-12-5-3-10(4-6-12)8-11(13(15)16)7-9-1-2-9/h3-6,9,11H,1-2,7-8H2,(H,15,16). The molecule has 2 nitrogen and oxygen atoms in total. The van der Waals surface area contributed by atoms with Gasteiger partial charge in [0.1, 0.15) is 5.82 Å². The monoisotopic (exact) mass is 222 g/mol. The van der Waals surface area contributed by atoms with E-state index in [1.807, 2.05) is 0 Å². The highest BCUT2D eigenvalue weighted by Crippen LogP contribution is 2.36. The molecule has 1 aliphatic rings. The largest absolute Gasteiger partial charge is 0.481 e. The Balaban J connectivity index is 1.98. The predicted molar refractivity (Wildman–Crippen MR) is 58.6 cm³/mol. The minimum absolute atomic E-state index is 0.280. The second-order valence-electron chi connectivity index (χ2n) is 4.54. The zero-order valence-corrected chi connectivity index (χ0v) is 9.03. The normalized spacial score (nSPS) is 17.1. The van der Waals surface area contributed by atoms with Crippen LogP contribution in [-0.4, -0.2) is 11.1 Å². The molecule has 3 heteroatoms. The van der Waals surface area contributed by atoms with Gasteiger partial charge in [-0.2, -0.15) is 0 Å². The molecule has 0 aromatic heterocycles. The van der Waals surface area contributed by atoms with Crippen LogP contribution in [0.2, 0.25) is 0 Å². The maximum absolute atomic E-state index is 12.7. The quantitative estimate of drug-likeness (QED) is 0.831. The molecule has 0 saturated heterocycles. The van der Waals surface area contributed by atoms with E-state index in [9.17, 15) is 9.18 Å². The van der Waals surface area contributed by atoms with E-state index in [1.54, 1.807) is 12.1 Å². The van der Waals surface area contributed by atoms with E-state index in [0.29, 0.717) is 12.3 Å². The Labute approximate surface area is 94.1 Å². The summed E-state index contributed by atoms with van der Waals surface area (Å²) in [6.45, 7) is 0. The third kappa shape index (κ3) is 3.05.